The fourth-order valence-electron chi connectivity index (χ4n) is 11.4. The molecule has 0 aromatic rings. The first kappa shape index (κ1) is 36.4. The maximum Gasteiger partial charge on any atom is 0.172 e. The van der Waals surface area contributed by atoms with E-state index in [1.807, 2.05) is 0 Å². The Hall–Kier alpha value is -1.29. The first-order valence-electron chi connectivity index (χ1n) is 20.3. The molecule has 0 aliphatic carbocycles. The summed E-state index contributed by atoms with van der Waals surface area (Å²) in [4.78, 5) is 14.0. The standard InChI is InChI=1S/C40H59NO11/c1-19-10-24-4-6-29-20(2)11-26(45-29)8-9-40-16-34-36(51-40)37-38(50-34)39(52-40)35-30(49-37)7-5-25(47-35)12-22(43)13-27-28(18-42)32(14-23(44)17-41)48-33(27)15-31(46-24)21(19)3/h19,23-39,42,44H,2-18,41H2,1H3/t19-,23+,24?,25?,26?,27-,28-,29+,30+,31-,32-,33?,34-,35+,36+,37+,38?,39+,40+/m1/s1. The molecular weight excluding hydrogens is 670 g/mol. The third kappa shape index (κ3) is 6.59. The maximum atomic E-state index is 14.0. The van der Waals surface area contributed by atoms with Crippen LogP contribution < -0.4 is 5.73 Å². The smallest absolute Gasteiger partial charge is 0.172 e. The van der Waals surface area contributed by atoms with Crippen molar-refractivity contribution in [2.45, 2.75) is 188 Å². The topological polar surface area (TPSA) is 157 Å². The van der Waals surface area contributed by atoms with Gasteiger partial charge in [-0.15, -0.1) is 0 Å². The van der Waals surface area contributed by atoms with Crippen LogP contribution in [0.4, 0.5) is 0 Å². The molecule has 0 radical (unpaired) electrons. The van der Waals surface area contributed by atoms with Crippen molar-refractivity contribution in [3.8, 4) is 0 Å². The molecule has 10 aliphatic heterocycles. The molecule has 290 valence electrons. The molecule has 12 heteroatoms. The average Bonchev–Trinajstić information content (AvgIpc) is 3.79. The van der Waals surface area contributed by atoms with Gasteiger partial charge in [0.05, 0.1) is 61.0 Å². The van der Waals surface area contributed by atoms with Crippen LogP contribution in [0, 0.1) is 17.8 Å². The largest absolute Gasteiger partial charge is 0.396 e. The lowest BCUT2D eigenvalue weighted by atomic mass is 9.78. The van der Waals surface area contributed by atoms with Crippen LogP contribution in [0.2, 0.25) is 0 Å². The minimum absolute atomic E-state index is 0.0270. The van der Waals surface area contributed by atoms with E-state index in [1.54, 1.807) is 0 Å². The fourth-order valence-corrected chi connectivity index (χ4v) is 11.4. The highest BCUT2D eigenvalue weighted by molar-refractivity contribution is 5.79. The fraction of sp³-hybridized carbons (Fsp3) is 0.875. The Kier molecular flexibility index (Phi) is 10.0. The summed E-state index contributed by atoms with van der Waals surface area (Å²) >= 11 is 0. The number of rotatable bonds is 4. The molecule has 0 amide bonds. The predicted molar refractivity (Wildman–Crippen MR) is 186 cm³/mol. The van der Waals surface area contributed by atoms with Crippen LogP contribution >= 0.6 is 0 Å². The molecule has 5 unspecified atom stereocenters. The van der Waals surface area contributed by atoms with Gasteiger partial charge in [-0.05, 0) is 67.9 Å². The quantitative estimate of drug-likeness (QED) is 0.364. The van der Waals surface area contributed by atoms with Gasteiger partial charge in [-0.3, -0.25) is 4.79 Å². The van der Waals surface area contributed by atoms with Gasteiger partial charge in [0, 0.05) is 57.6 Å². The highest BCUT2D eigenvalue weighted by Crippen LogP contribution is 2.54. The lowest BCUT2D eigenvalue weighted by molar-refractivity contribution is -0.292. The second-order valence-electron chi connectivity index (χ2n) is 17.6. The minimum Gasteiger partial charge on any atom is -0.396 e. The van der Waals surface area contributed by atoms with Gasteiger partial charge >= 0.3 is 0 Å². The van der Waals surface area contributed by atoms with E-state index in [0.717, 1.165) is 49.7 Å². The van der Waals surface area contributed by atoms with Crippen LogP contribution in [0.3, 0.4) is 0 Å². The molecule has 10 aliphatic rings. The number of carbonyl (C=O) groups is 1. The van der Waals surface area contributed by atoms with Gasteiger partial charge in [0.1, 0.15) is 36.3 Å². The van der Waals surface area contributed by atoms with Crippen molar-refractivity contribution in [1.82, 2.24) is 0 Å². The van der Waals surface area contributed by atoms with Gasteiger partial charge in [-0.1, -0.05) is 20.1 Å². The van der Waals surface area contributed by atoms with E-state index in [-0.39, 0.29) is 129 Å². The number of aliphatic hydroxyl groups is 2. The molecule has 10 rings (SSSR count). The number of ether oxygens (including phenoxy) is 8. The van der Waals surface area contributed by atoms with Gasteiger partial charge < -0.3 is 53.8 Å². The molecule has 1 spiro atoms. The van der Waals surface area contributed by atoms with Crippen LogP contribution in [0.15, 0.2) is 24.3 Å². The molecule has 0 aromatic heterocycles. The minimum atomic E-state index is -0.790. The number of carbonyl (C=O) groups excluding carboxylic acids is 1. The lowest BCUT2D eigenvalue weighted by Crippen LogP contribution is -2.61. The van der Waals surface area contributed by atoms with E-state index in [1.165, 1.54) is 0 Å². The normalized spacial score (nSPS) is 52.4. The Morgan fingerprint density at radius 2 is 1.54 bits per heavy atom. The zero-order valence-corrected chi connectivity index (χ0v) is 30.6. The zero-order valence-electron chi connectivity index (χ0n) is 30.6. The van der Waals surface area contributed by atoms with Crippen molar-refractivity contribution in [3.05, 3.63) is 24.3 Å². The highest BCUT2D eigenvalue weighted by Gasteiger charge is 2.68. The third-order valence-corrected chi connectivity index (χ3v) is 14.2. The molecule has 10 saturated heterocycles. The molecule has 19 atom stereocenters. The van der Waals surface area contributed by atoms with E-state index >= 15 is 0 Å². The molecule has 4 N–H and O–H groups in total. The van der Waals surface area contributed by atoms with Gasteiger partial charge in [0.2, 0.25) is 0 Å². The molecule has 12 nitrogen and oxygen atoms in total. The van der Waals surface area contributed by atoms with Crippen LogP contribution in [0.5, 0.6) is 0 Å². The molecule has 0 saturated carbocycles. The van der Waals surface area contributed by atoms with Gasteiger partial charge in [0.15, 0.2) is 5.79 Å². The molecule has 10 heterocycles. The van der Waals surface area contributed by atoms with Crippen molar-refractivity contribution in [2.24, 2.45) is 23.5 Å². The zero-order chi connectivity index (χ0) is 35.9. The van der Waals surface area contributed by atoms with Crippen LogP contribution in [-0.2, 0) is 42.7 Å². The number of fused-ring (bicyclic) bond motifs is 6. The number of aliphatic hydroxyl groups excluding tert-OH is 2. The van der Waals surface area contributed by atoms with Gasteiger partial charge in [-0.2, -0.15) is 0 Å². The van der Waals surface area contributed by atoms with Crippen molar-refractivity contribution in [3.63, 3.8) is 0 Å². The second-order valence-corrected chi connectivity index (χ2v) is 17.6. The number of hydrogen-bond acceptors (Lipinski definition) is 12. The summed E-state index contributed by atoms with van der Waals surface area (Å²) in [5.74, 6) is -1.03. The molecule has 0 aromatic carbocycles. The highest BCUT2D eigenvalue weighted by atomic mass is 16.8. The summed E-state index contributed by atoms with van der Waals surface area (Å²) < 4.78 is 53.8. The van der Waals surface area contributed by atoms with Crippen molar-refractivity contribution in [1.29, 1.82) is 0 Å². The third-order valence-electron chi connectivity index (χ3n) is 14.2. The molecule has 12 bridgehead atoms. The summed E-state index contributed by atoms with van der Waals surface area (Å²) in [6.07, 6.45) is 4.73. The van der Waals surface area contributed by atoms with Gasteiger partial charge in [0.25, 0.3) is 0 Å². The summed E-state index contributed by atoms with van der Waals surface area (Å²) in [5.41, 5.74) is 7.96. The Morgan fingerprint density at radius 1 is 0.788 bits per heavy atom. The Balaban J connectivity index is 0.994. The van der Waals surface area contributed by atoms with Crippen LogP contribution in [0.1, 0.15) is 90.4 Å². The van der Waals surface area contributed by atoms with E-state index in [9.17, 15) is 15.0 Å². The number of nitrogens with two attached hydrogens (primary N) is 1. The van der Waals surface area contributed by atoms with Crippen LogP contribution in [-0.4, -0.2) is 126 Å². The van der Waals surface area contributed by atoms with E-state index in [0.29, 0.717) is 32.1 Å². The Morgan fingerprint density at radius 3 is 2.37 bits per heavy atom. The number of hydrogen-bond donors (Lipinski definition) is 3. The first-order valence-corrected chi connectivity index (χ1v) is 20.3. The summed E-state index contributed by atoms with van der Waals surface area (Å²) in [7, 11) is 0. The SMILES string of the molecule is C=C1CC2CC[C@@]34C[C@H]5OC6[C@@H](O[C@H]7CCC(CC(=O)C[C@H]8C(C[C@H]9OC(CC[C@@H]1O2)C[C@@H](C)C9=C)O[C@H](C[C@H](O)CN)[C@@H]8CO)O[C@@H]7[C@@H]6O3)[C@H]5O4. The Bertz CT molecular complexity index is 1380. The van der Waals surface area contributed by atoms with E-state index in [4.69, 9.17) is 43.6 Å². The van der Waals surface area contributed by atoms with Crippen molar-refractivity contribution >= 4 is 5.78 Å². The average molecular weight is 730 g/mol. The van der Waals surface area contributed by atoms with Crippen LogP contribution in [0.25, 0.3) is 0 Å². The summed E-state index contributed by atoms with van der Waals surface area (Å²) in [6.45, 7) is 11.0. The molecule has 52 heavy (non-hydrogen) atoms. The van der Waals surface area contributed by atoms with Gasteiger partial charge in [-0.25, -0.2) is 0 Å². The number of ketones is 1. The second kappa shape index (κ2) is 14.3. The molecule has 10 fully saturated rings. The lowest BCUT2D eigenvalue weighted by Gasteiger charge is -2.47. The summed E-state index contributed by atoms with van der Waals surface area (Å²) in [5, 5.41) is 21.2. The van der Waals surface area contributed by atoms with Crippen molar-refractivity contribution < 1.29 is 52.9 Å². The monoisotopic (exact) mass is 729 g/mol. The van der Waals surface area contributed by atoms with E-state index in [2.05, 4.69) is 20.1 Å². The maximum absolute atomic E-state index is 14.0. The molecular formula is C40H59NO11. The number of Topliss-reactive ketones (excluding diaryl/α,β-unsaturated/α-hetero) is 1. The predicted octanol–water partition coefficient (Wildman–Crippen LogP) is 3.03. The first-order chi connectivity index (χ1) is 25.1. The van der Waals surface area contributed by atoms with Crippen molar-refractivity contribution in [2.75, 3.05) is 13.2 Å². The summed E-state index contributed by atoms with van der Waals surface area (Å²) in [6, 6.07) is 0. The Labute approximate surface area is 307 Å². The van der Waals surface area contributed by atoms with E-state index < -0.39 is 18.0 Å².